The number of hydrogen-bond acceptors (Lipinski definition) is 4. The minimum absolute atomic E-state index is 0.0222. The van der Waals surface area contributed by atoms with E-state index >= 15 is 0 Å². The topological polar surface area (TPSA) is 66.6 Å². The van der Waals surface area contributed by atoms with Crippen LogP contribution >= 0.6 is 0 Å². The molecule has 114 valence electrons. The minimum Gasteiger partial charge on any atom is -0.508 e. The Labute approximate surface area is 129 Å². The van der Waals surface area contributed by atoms with Gasteiger partial charge in [-0.1, -0.05) is 36.4 Å². The van der Waals surface area contributed by atoms with Crippen LogP contribution in [0, 0.1) is 10.1 Å². The normalized spacial score (nSPS) is 10.6. The molecule has 0 amide bonds. The average Bonchev–Trinajstić information content (AvgIpc) is 2.50. The minimum atomic E-state index is -0.460. The zero-order valence-electron chi connectivity index (χ0n) is 12.2. The number of rotatable bonds is 7. The number of benzene rings is 2. The van der Waals surface area contributed by atoms with Crippen molar-refractivity contribution in [3.8, 4) is 5.75 Å². The Balaban J connectivity index is 2.18. The van der Waals surface area contributed by atoms with Gasteiger partial charge in [-0.15, -0.1) is 6.58 Å². The van der Waals surface area contributed by atoms with Crippen LogP contribution < -0.4 is 0 Å². The van der Waals surface area contributed by atoms with Gasteiger partial charge in [-0.05, 0) is 11.6 Å². The van der Waals surface area contributed by atoms with Crippen molar-refractivity contribution >= 4 is 5.69 Å². The number of phenols is 1. The van der Waals surface area contributed by atoms with Gasteiger partial charge in [-0.2, -0.15) is 0 Å². The van der Waals surface area contributed by atoms with Crippen LogP contribution in [0.5, 0.6) is 5.75 Å². The lowest BCUT2D eigenvalue weighted by Gasteiger charge is -2.21. The van der Waals surface area contributed by atoms with Crippen molar-refractivity contribution in [3.05, 3.63) is 82.4 Å². The molecule has 5 heteroatoms. The number of phenolic OH excluding ortho intramolecular Hbond substituents is 1. The third-order valence-electron chi connectivity index (χ3n) is 3.30. The number of non-ortho nitro benzene ring substituents is 1. The summed E-state index contributed by atoms with van der Waals surface area (Å²) in [7, 11) is 0. The highest BCUT2D eigenvalue weighted by molar-refractivity contribution is 5.43. The number of aromatic hydroxyl groups is 1. The fraction of sp³-hybridized carbons (Fsp3) is 0.176. The van der Waals surface area contributed by atoms with Gasteiger partial charge in [-0.25, -0.2) is 0 Å². The first kappa shape index (κ1) is 15.7. The van der Waals surface area contributed by atoms with Crippen LogP contribution in [0.3, 0.4) is 0 Å². The maximum atomic E-state index is 10.9. The van der Waals surface area contributed by atoms with Crippen LogP contribution in [0.1, 0.15) is 11.1 Å². The molecule has 0 aliphatic carbocycles. The van der Waals surface area contributed by atoms with Crippen molar-refractivity contribution in [1.29, 1.82) is 0 Å². The van der Waals surface area contributed by atoms with Crippen molar-refractivity contribution in [1.82, 2.24) is 4.90 Å². The summed E-state index contributed by atoms with van der Waals surface area (Å²) >= 11 is 0. The summed E-state index contributed by atoms with van der Waals surface area (Å²) in [5.74, 6) is 0.0627. The zero-order valence-corrected chi connectivity index (χ0v) is 12.2. The third kappa shape index (κ3) is 4.17. The predicted molar refractivity (Wildman–Crippen MR) is 85.5 cm³/mol. The molecule has 0 atom stereocenters. The Morgan fingerprint density at radius 3 is 2.55 bits per heavy atom. The van der Waals surface area contributed by atoms with E-state index in [1.165, 1.54) is 18.2 Å². The lowest BCUT2D eigenvalue weighted by Crippen LogP contribution is -2.22. The number of nitro groups is 1. The van der Waals surface area contributed by atoms with E-state index in [0.717, 1.165) is 5.56 Å². The molecule has 5 nitrogen and oxygen atoms in total. The van der Waals surface area contributed by atoms with E-state index in [-0.39, 0.29) is 11.4 Å². The summed E-state index contributed by atoms with van der Waals surface area (Å²) in [5.41, 5.74) is 1.65. The Morgan fingerprint density at radius 1 is 1.18 bits per heavy atom. The Morgan fingerprint density at radius 2 is 1.91 bits per heavy atom. The maximum absolute atomic E-state index is 10.9. The zero-order chi connectivity index (χ0) is 15.9. The first-order chi connectivity index (χ1) is 10.6. The second-order valence-corrected chi connectivity index (χ2v) is 5.01. The van der Waals surface area contributed by atoms with E-state index < -0.39 is 4.92 Å². The van der Waals surface area contributed by atoms with Gasteiger partial charge in [0, 0.05) is 37.3 Å². The Kier molecular flexibility index (Phi) is 5.27. The molecule has 0 bridgehead atoms. The first-order valence-corrected chi connectivity index (χ1v) is 6.93. The van der Waals surface area contributed by atoms with Gasteiger partial charge in [0.2, 0.25) is 0 Å². The summed E-state index contributed by atoms with van der Waals surface area (Å²) < 4.78 is 0. The van der Waals surface area contributed by atoms with Crippen LogP contribution in [-0.2, 0) is 13.1 Å². The molecule has 0 saturated carbocycles. The van der Waals surface area contributed by atoms with Crippen molar-refractivity contribution in [2.75, 3.05) is 6.54 Å². The lowest BCUT2D eigenvalue weighted by molar-refractivity contribution is -0.385. The van der Waals surface area contributed by atoms with Crippen LogP contribution in [0.4, 0.5) is 5.69 Å². The molecule has 1 N–H and O–H groups in total. The summed E-state index contributed by atoms with van der Waals surface area (Å²) in [6.07, 6.45) is 1.78. The van der Waals surface area contributed by atoms with Gasteiger partial charge in [-0.3, -0.25) is 15.0 Å². The van der Waals surface area contributed by atoms with Gasteiger partial charge in [0.1, 0.15) is 5.75 Å². The van der Waals surface area contributed by atoms with E-state index in [0.29, 0.717) is 25.2 Å². The van der Waals surface area contributed by atoms with Crippen LogP contribution in [0.25, 0.3) is 0 Å². The van der Waals surface area contributed by atoms with Crippen molar-refractivity contribution < 1.29 is 10.0 Å². The van der Waals surface area contributed by atoms with Crippen molar-refractivity contribution in [2.45, 2.75) is 13.1 Å². The van der Waals surface area contributed by atoms with E-state index in [4.69, 9.17) is 0 Å². The molecule has 0 heterocycles. The maximum Gasteiger partial charge on any atom is 0.270 e. The number of nitro benzene ring substituents is 1. The molecule has 0 aromatic heterocycles. The highest BCUT2D eigenvalue weighted by Gasteiger charge is 2.13. The SMILES string of the molecule is C=CCN(Cc1ccccc1)Cc1cc([N+](=O)[O-])ccc1O. The second kappa shape index (κ2) is 7.38. The second-order valence-electron chi connectivity index (χ2n) is 5.01. The molecule has 2 aromatic carbocycles. The molecule has 0 saturated heterocycles. The quantitative estimate of drug-likeness (QED) is 0.483. The molecule has 0 aliphatic rings. The fourth-order valence-corrected chi connectivity index (χ4v) is 2.26. The molecule has 2 rings (SSSR count). The smallest absolute Gasteiger partial charge is 0.270 e. The molecule has 0 unspecified atom stereocenters. The third-order valence-corrected chi connectivity index (χ3v) is 3.30. The predicted octanol–water partition coefficient (Wildman–Crippen LogP) is 3.49. The number of hydrogen-bond donors (Lipinski definition) is 1. The summed E-state index contributed by atoms with van der Waals surface area (Å²) in [6.45, 7) is 5.45. The summed E-state index contributed by atoms with van der Waals surface area (Å²) in [6, 6.07) is 14.0. The van der Waals surface area contributed by atoms with Gasteiger partial charge in [0.05, 0.1) is 4.92 Å². The molecular weight excluding hydrogens is 280 g/mol. The Hall–Kier alpha value is -2.66. The van der Waals surface area contributed by atoms with E-state index in [2.05, 4.69) is 11.5 Å². The van der Waals surface area contributed by atoms with Gasteiger partial charge in [0.25, 0.3) is 5.69 Å². The van der Waals surface area contributed by atoms with E-state index in [9.17, 15) is 15.2 Å². The number of nitrogens with zero attached hydrogens (tertiary/aromatic N) is 2. The van der Waals surface area contributed by atoms with E-state index in [1.807, 2.05) is 30.3 Å². The molecule has 2 aromatic rings. The standard InChI is InChI=1S/C17H18N2O3/c1-2-10-18(12-14-6-4-3-5-7-14)13-15-11-16(19(21)22)8-9-17(15)20/h2-9,11,20H,1,10,12-13H2. The highest BCUT2D eigenvalue weighted by atomic mass is 16.6. The largest absolute Gasteiger partial charge is 0.508 e. The van der Waals surface area contributed by atoms with Gasteiger partial charge < -0.3 is 5.11 Å². The van der Waals surface area contributed by atoms with Crippen molar-refractivity contribution in [3.63, 3.8) is 0 Å². The molecule has 0 fully saturated rings. The molecule has 0 radical (unpaired) electrons. The molecular formula is C17H18N2O3. The Bertz CT molecular complexity index is 656. The van der Waals surface area contributed by atoms with Gasteiger partial charge in [0.15, 0.2) is 0 Å². The monoisotopic (exact) mass is 298 g/mol. The summed E-state index contributed by atoms with van der Waals surface area (Å²) in [4.78, 5) is 12.5. The lowest BCUT2D eigenvalue weighted by atomic mass is 10.1. The molecule has 0 spiro atoms. The van der Waals surface area contributed by atoms with Crippen LogP contribution in [0.15, 0.2) is 61.2 Å². The molecule has 0 aliphatic heterocycles. The van der Waals surface area contributed by atoms with E-state index in [1.54, 1.807) is 6.08 Å². The first-order valence-electron chi connectivity index (χ1n) is 6.93. The molecule has 22 heavy (non-hydrogen) atoms. The highest BCUT2D eigenvalue weighted by Crippen LogP contribution is 2.24. The van der Waals surface area contributed by atoms with Crippen molar-refractivity contribution in [2.24, 2.45) is 0 Å². The fourth-order valence-electron chi connectivity index (χ4n) is 2.26. The summed E-state index contributed by atoms with van der Waals surface area (Å²) in [5, 5.41) is 20.8. The van der Waals surface area contributed by atoms with Crippen LogP contribution in [0.2, 0.25) is 0 Å². The average molecular weight is 298 g/mol. The van der Waals surface area contributed by atoms with Gasteiger partial charge >= 0.3 is 0 Å². The van der Waals surface area contributed by atoms with Crippen LogP contribution in [-0.4, -0.2) is 21.5 Å².